The Morgan fingerprint density at radius 1 is 0.424 bits per heavy atom. The molecule has 0 fully saturated rings. The van der Waals surface area contributed by atoms with Crippen LogP contribution in [0.25, 0.3) is 0 Å². The molecule has 1 aromatic carbocycles. The van der Waals surface area contributed by atoms with E-state index >= 15 is 0 Å². The molecule has 0 nitrogen and oxygen atoms in total. The van der Waals surface area contributed by atoms with Gasteiger partial charge in [-0.05, 0) is 0 Å². The maximum absolute atomic E-state index is 4.23. The van der Waals surface area contributed by atoms with Crippen LogP contribution >= 0.6 is 51.1 Å². The molecule has 33 heavy (non-hydrogen) atoms. The van der Waals surface area contributed by atoms with Gasteiger partial charge in [0.15, 0.2) is 0 Å². The Morgan fingerprint density at radius 2 is 0.576 bits per heavy atom. The van der Waals surface area contributed by atoms with Crippen LogP contribution in [-0.2, 0) is 0 Å². The molecule has 0 amide bonds. The zero-order valence-corrected chi connectivity index (χ0v) is 35.6. The van der Waals surface area contributed by atoms with Gasteiger partial charge in [0.05, 0.1) is 0 Å². The van der Waals surface area contributed by atoms with Gasteiger partial charge in [0.2, 0.25) is 0 Å². The van der Waals surface area contributed by atoms with E-state index in [1.54, 1.807) is 9.81 Å². The van der Waals surface area contributed by atoms with E-state index in [-0.39, 0.29) is 0 Å². The zero-order chi connectivity index (χ0) is 25.3. The SMILES string of the molecule is C=C(C)[S][Bi]([S]C(=C)C)[c]1c[c]([Bi]([S]C(=C)C)[S]C(=C)C)c[c]([Bi]([S]C(=C)C)[S]C(=C)C)c1. The van der Waals surface area contributed by atoms with E-state index in [4.69, 9.17) is 0 Å². The van der Waals surface area contributed by atoms with E-state index in [9.17, 15) is 0 Å². The molecule has 0 radical (unpaired) electrons. The second-order valence-corrected chi connectivity index (χ2v) is 62.6. The van der Waals surface area contributed by atoms with Gasteiger partial charge >= 0.3 is 246 Å². The van der Waals surface area contributed by atoms with Crippen LogP contribution in [0, 0.1) is 0 Å². The Hall–Kier alpha value is 2.41. The van der Waals surface area contributed by atoms with E-state index in [2.05, 4.69) is 99.2 Å². The molecule has 0 aliphatic rings. The normalized spacial score (nSPS) is 11.2. The average Bonchev–Trinajstić information content (AvgIpc) is 2.64. The quantitative estimate of drug-likeness (QED) is 0.161. The van der Waals surface area contributed by atoms with Gasteiger partial charge < -0.3 is 0 Å². The van der Waals surface area contributed by atoms with Gasteiger partial charge in [-0.15, -0.1) is 0 Å². The molecule has 0 aliphatic carbocycles. The molecule has 0 aliphatic heterocycles. The molecular weight excluding hydrogens is 1110 g/mol. The Morgan fingerprint density at radius 3 is 0.697 bits per heavy atom. The summed E-state index contributed by atoms with van der Waals surface area (Å²) >= 11 is -6.59. The van der Waals surface area contributed by atoms with Crippen molar-refractivity contribution in [1.82, 2.24) is 0 Å². The number of allylic oxidation sites excluding steroid dienone is 6. The summed E-state index contributed by atoms with van der Waals surface area (Å²) in [6.45, 7) is 38.2. The second kappa shape index (κ2) is 17.1. The van der Waals surface area contributed by atoms with Gasteiger partial charge in [-0.2, -0.15) is 0 Å². The summed E-state index contributed by atoms with van der Waals surface area (Å²) in [6.07, 6.45) is 0. The summed E-state index contributed by atoms with van der Waals surface area (Å²) < 4.78 is 4.73. The third-order valence-electron chi connectivity index (χ3n) is 2.95. The van der Waals surface area contributed by atoms with Crippen molar-refractivity contribution in [3.63, 3.8) is 0 Å². The first kappa shape index (κ1) is 33.4. The fourth-order valence-electron chi connectivity index (χ4n) is 2.12. The average molecular weight is 1140 g/mol. The van der Waals surface area contributed by atoms with E-state index in [0.29, 0.717) is 0 Å². The van der Waals surface area contributed by atoms with Crippen LogP contribution in [0.15, 0.2) is 87.1 Å². The third-order valence-corrected chi connectivity index (χ3v) is 70.0. The molecule has 0 spiro atoms. The molecule has 1 aromatic rings. The molecule has 1 rings (SSSR count). The molecule has 0 saturated carbocycles. The molecule has 0 unspecified atom stereocenters. The Balaban J connectivity index is 3.73. The fourth-order valence-corrected chi connectivity index (χ4v) is 72.4. The molecule has 0 bridgehead atoms. The second-order valence-electron chi connectivity index (χ2n) is 7.24. The Kier molecular flexibility index (Phi) is 17.3. The molecule has 0 N–H and O–H groups in total. The van der Waals surface area contributed by atoms with Crippen molar-refractivity contribution < 1.29 is 0 Å². The molecule has 0 atom stereocenters. The van der Waals surface area contributed by atoms with Crippen LogP contribution in [0.4, 0.5) is 0 Å². The van der Waals surface area contributed by atoms with Crippen molar-refractivity contribution in [1.29, 1.82) is 0 Å². The van der Waals surface area contributed by atoms with Crippen LogP contribution in [-0.4, -0.2) is 56.5 Å². The summed E-state index contributed by atoms with van der Waals surface area (Å²) in [4.78, 5) is 7.29. The number of rotatable bonds is 15. The van der Waals surface area contributed by atoms with Crippen molar-refractivity contribution in [2.45, 2.75) is 41.5 Å². The molecule has 0 aromatic heterocycles. The first-order valence-corrected chi connectivity index (χ1v) is 45.3. The molecule has 180 valence electrons. The van der Waals surface area contributed by atoms with E-state index in [1.807, 2.05) is 51.1 Å². The summed E-state index contributed by atoms with van der Waals surface area (Å²) in [5.41, 5.74) is 0. The maximum atomic E-state index is 4.23. The van der Waals surface area contributed by atoms with E-state index < -0.39 is 56.5 Å². The molecule has 0 heterocycles. The summed E-state index contributed by atoms with van der Waals surface area (Å²) in [6, 6.07) is 7.65. The first-order chi connectivity index (χ1) is 15.3. The standard InChI is InChI=1S/C6H3.6C3H6S.3Bi/c1-2-4-6-5-3-1;6*1-3(2)4;;;/h1,4-5H;6*4H,1H2,2H3;;;/q;;;;;;;3*+2/p-6. The van der Waals surface area contributed by atoms with Gasteiger partial charge in [0.1, 0.15) is 0 Å². The molecular formula is C24H33Bi3S6. The van der Waals surface area contributed by atoms with Crippen LogP contribution in [0.2, 0.25) is 0 Å². The van der Waals surface area contributed by atoms with Crippen molar-refractivity contribution >= 4 is 117 Å². The Labute approximate surface area is 241 Å². The van der Waals surface area contributed by atoms with E-state index in [1.165, 1.54) is 29.4 Å². The van der Waals surface area contributed by atoms with Crippen LogP contribution in [0.1, 0.15) is 41.5 Å². The monoisotopic (exact) mass is 1140 g/mol. The molecule has 9 heteroatoms. The predicted octanol–water partition coefficient (Wildman–Crippen LogP) is 8.37. The minimum absolute atomic E-state index is 1.22. The van der Waals surface area contributed by atoms with Crippen molar-refractivity contribution in [2.24, 2.45) is 0 Å². The van der Waals surface area contributed by atoms with Gasteiger partial charge in [0, 0.05) is 0 Å². The Bertz CT molecular complexity index is 761. The zero-order valence-electron chi connectivity index (χ0n) is 20.3. The summed E-state index contributed by atoms with van der Waals surface area (Å²) in [5.74, 6) is 0. The number of hydrogen-bond donors (Lipinski definition) is 0. The van der Waals surface area contributed by atoms with Crippen molar-refractivity contribution in [3.05, 3.63) is 87.1 Å². The van der Waals surface area contributed by atoms with Crippen LogP contribution in [0.3, 0.4) is 0 Å². The summed E-state index contributed by atoms with van der Waals surface area (Å²) in [7, 11) is 12.2. The first-order valence-electron chi connectivity index (χ1n) is 9.84. The van der Waals surface area contributed by atoms with Gasteiger partial charge in [-0.3, -0.25) is 0 Å². The number of hydrogen-bond acceptors (Lipinski definition) is 6. The van der Waals surface area contributed by atoms with Gasteiger partial charge in [0.25, 0.3) is 0 Å². The van der Waals surface area contributed by atoms with E-state index in [0.717, 1.165) is 0 Å². The van der Waals surface area contributed by atoms with Gasteiger partial charge in [-0.25, -0.2) is 0 Å². The van der Waals surface area contributed by atoms with Gasteiger partial charge in [-0.1, -0.05) is 0 Å². The topological polar surface area (TPSA) is 0 Å². The molecule has 0 saturated heterocycles. The van der Waals surface area contributed by atoms with Crippen molar-refractivity contribution in [2.75, 3.05) is 0 Å². The minimum atomic E-state index is -2.20. The van der Waals surface area contributed by atoms with Crippen LogP contribution in [0.5, 0.6) is 0 Å². The third kappa shape index (κ3) is 14.2. The number of benzene rings is 1. The predicted molar refractivity (Wildman–Crippen MR) is 177 cm³/mol. The summed E-state index contributed by atoms with van der Waals surface area (Å²) in [5, 5.41) is 0. The van der Waals surface area contributed by atoms with Crippen LogP contribution < -0.4 is 9.81 Å². The van der Waals surface area contributed by atoms with Crippen molar-refractivity contribution in [3.8, 4) is 0 Å². The fraction of sp³-hybridized carbons (Fsp3) is 0.250.